The molecule has 0 bridgehead atoms. The zero-order valence-corrected chi connectivity index (χ0v) is 9.21. The number of anilines is 1. The molecule has 1 rings (SSSR count). The second-order valence-electron chi connectivity index (χ2n) is 3.06. The summed E-state index contributed by atoms with van der Waals surface area (Å²) in [6.45, 7) is 6.23. The Bertz CT molecular complexity index is 340. The van der Waals surface area contributed by atoms with Crippen LogP contribution in [0.25, 0.3) is 0 Å². The molecular weight excluding hydrogens is 224 g/mol. The Kier molecular flexibility index (Phi) is 3.78. The highest BCUT2D eigenvalue weighted by atomic mass is 35.5. The van der Waals surface area contributed by atoms with Gasteiger partial charge < -0.3 is 5.32 Å². The highest BCUT2D eigenvalue weighted by Gasteiger charge is 2.06. The van der Waals surface area contributed by atoms with Crippen LogP contribution < -0.4 is 5.32 Å². The summed E-state index contributed by atoms with van der Waals surface area (Å²) in [5.74, 6) is -0.589. The smallest absolute Gasteiger partial charge is 0.160 e. The fraction of sp³-hybridized carbons (Fsp3) is 0.200. The van der Waals surface area contributed by atoms with Crippen molar-refractivity contribution in [2.24, 2.45) is 0 Å². The monoisotopic (exact) mass is 233 g/mol. The number of nitrogens with one attached hydrogen (secondary N) is 1. The molecule has 0 radical (unpaired) electrons. The molecule has 14 heavy (non-hydrogen) atoms. The van der Waals surface area contributed by atoms with Gasteiger partial charge in [-0.05, 0) is 19.1 Å². The van der Waals surface area contributed by atoms with Gasteiger partial charge in [0, 0.05) is 12.2 Å². The number of hydrogen-bond donors (Lipinski definition) is 1. The van der Waals surface area contributed by atoms with Gasteiger partial charge in [-0.3, -0.25) is 0 Å². The van der Waals surface area contributed by atoms with Gasteiger partial charge in [-0.1, -0.05) is 35.4 Å². The van der Waals surface area contributed by atoms with Crippen LogP contribution in [-0.4, -0.2) is 6.54 Å². The molecule has 1 aromatic rings. The predicted molar refractivity (Wildman–Crippen MR) is 59.7 cm³/mol. The Labute approximate surface area is 92.5 Å². The zero-order valence-electron chi connectivity index (χ0n) is 7.70. The van der Waals surface area contributed by atoms with E-state index >= 15 is 0 Å². The third kappa shape index (κ3) is 2.89. The van der Waals surface area contributed by atoms with Crippen molar-refractivity contribution in [2.75, 3.05) is 11.9 Å². The Morgan fingerprint density at radius 1 is 1.43 bits per heavy atom. The van der Waals surface area contributed by atoms with Crippen LogP contribution >= 0.6 is 23.2 Å². The SMILES string of the molecule is C=C(C)CNc1cc(Cl)c(F)c(Cl)c1. The van der Waals surface area contributed by atoms with Gasteiger partial charge in [-0.25, -0.2) is 4.39 Å². The molecule has 0 unspecified atom stereocenters. The van der Waals surface area contributed by atoms with E-state index in [1.54, 1.807) is 0 Å². The Morgan fingerprint density at radius 3 is 2.36 bits per heavy atom. The van der Waals surface area contributed by atoms with Crippen LogP contribution in [0, 0.1) is 5.82 Å². The second kappa shape index (κ2) is 4.67. The topological polar surface area (TPSA) is 12.0 Å². The van der Waals surface area contributed by atoms with Crippen molar-refractivity contribution in [3.63, 3.8) is 0 Å². The van der Waals surface area contributed by atoms with Crippen molar-refractivity contribution < 1.29 is 4.39 Å². The molecule has 0 aliphatic heterocycles. The van der Waals surface area contributed by atoms with Gasteiger partial charge in [0.05, 0.1) is 10.0 Å². The second-order valence-corrected chi connectivity index (χ2v) is 3.88. The Hall–Kier alpha value is -0.730. The molecule has 0 heterocycles. The molecule has 0 saturated heterocycles. The lowest BCUT2D eigenvalue weighted by molar-refractivity contribution is 0.629. The quantitative estimate of drug-likeness (QED) is 0.612. The maximum Gasteiger partial charge on any atom is 0.160 e. The lowest BCUT2D eigenvalue weighted by Crippen LogP contribution is -2.02. The Morgan fingerprint density at radius 2 is 1.93 bits per heavy atom. The minimum atomic E-state index is -0.589. The standard InChI is InChI=1S/C10H10Cl2FN/c1-6(2)5-14-7-3-8(11)10(13)9(12)4-7/h3-4,14H,1,5H2,2H3. The van der Waals surface area contributed by atoms with Crippen molar-refractivity contribution in [1.29, 1.82) is 0 Å². The first-order chi connectivity index (χ1) is 6.50. The molecular formula is C10H10Cl2FN. The molecule has 0 spiro atoms. The lowest BCUT2D eigenvalue weighted by Gasteiger charge is -2.07. The molecule has 0 amide bonds. The van der Waals surface area contributed by atoms with Crippen LogP contribution in [0.1, 0.15) is 6.92 Å². The van der Waals surface area contributed by atoms with Crippen LogP contribution in [0.5, 0.6) is 0 Å². The fourth-order valence-corrected chi connectivity index (χ4v) is 1.40. The molecule has 0 saturated carbocycles. The van der Waals surface area contributed by atoms with Crippen molar-refractivity contribution >= 4 is 28.9 Å². The van der Waals surface area contributed by atoms with Crippen LogP contribution in [0.15, 0.2) is 24.3 Å². The molecule has 0 atom stereocenters. The predicted octanol–water partition coefficient (Wildman–Crippen LogP) is 4.12. The number of rotatable bonds is 3. The molecule has 0 aliphatic carbocycles. The van der Waals surface area contributed by atoms with Crippen molar-refractivity contribution in [3.8, 4) is 0 Å². The third-order valence-corrected chi connectivity index (χ3v) is 2.13. The molecule has 1 N–H and O–H groups in total. The van der Waals surface area contributed by atoms with E-state index in [0.29, 0.717) is 12.2 Å². The van der Waals surface area contributed by atoms with E-state index in [4.69, 9.17) is 23.2 Å². The first-order valence-electron chi connectivity index (χ1n) is 4.03. The Balaban J connectivity index is 2.84. The first kappa shape index (κ1) is 11.3. The van der Waals surface area contributed by atoms with Gasteiger partial charge in [-0.15, -0.1) is 0 Å². The van der Waals surface area contributed by atoms with Crippen LogP contribution in [0.3, 0.4) is 0 Å². The highest BCUT2D eigenvalue weighted by Crippen LogP contribution is 2.27. The lowest BCUT2D eigenvalue weighted by atomic mass is 10.3. The number of benzene rings is 1. The summed E-state index contributed by atoms with van der Waals surface area (Å²) < 4.78 is 13.0. The molecule has 1 nitrogen and oxygen atoms in total. The number of hydrogen-bond acceptors (Lipinski definition) is 1. The van der Waals surface area contributed by atoms with Crippen molar-refractivity contribution in [2.45, 2.75) is 6.92 Å². The summed E-state index contributed by atoms with van der Waals surface area (Å²) in [4.78, 5) is 0. The molecule has 4 heteroatoms. The van der Waals surface area contributed by atoms with E-state index in [9.17, 15) is 4.39 Å². The van der Waals surface area contributed by atoms with Gasteiger partial charge in [0.15, 0.2) is 5.82 Å². The van der Waals surface area contributed by atoms with Gasteiger partial charge >= 0.3 is 0 Å². The summed E-state index contributed by atoms with van der Waals surface area (Å²) in [7, 11) is 0. The van der Waals surface area contributed by atoms with E-state index in [1.165, 1.54) is 12.1 Å². The summed E-state index contributed by atoms with van der Waals surface area (Å²) in [6.07, 6.45) is 0. The van der Waals surface area contributed by atoms with E-state index in [2.05, 4.69) is 11.9 Å². The van der Waals surface area contributed by atoms with Gasteiger partial charge in [0.25, 0.3) is 0 Å². The van der Waals surface area contributed by atoms with Gasteiger partial charge in [0.2, 0.25) is 0 Å². The maximum atomic E-state index is 13.0. The van der Waals surface area contributed by atoms with E-state index in [0.717, 1.165) is 5.57 Å². The normalized spacial score (nSPS) is 10.0. The van der Waals surface area contributed by atoms with Gasteiger partial charge in [-0.2, -0.15) is 0 Å². The average molecular weight is 234 g/mol. The third-order valence-electron chi connectivity index (χ3n) is 1.58. The zero-order chi connectivity index (χ0) is 10.7. The summed E-state index contributed by atoms with van der Waals surface area (Å²) in [5, 5.41) is 3.05. The summed E-state index contributed by atoms with van der Waals surface area (Å²) in [6, 6.07) is 2.98. The van der Waals surface area contributed by atoms with Crippen molar-refractivity contribution in [3.05, 3.63) is 40.1 Å². The molecule has 1 aromatic carbocycles. The minimum absolute atomic E-state index is 0.0155. The van der Waals surface area contributed by atoms with E-state index in [-0.39, 0.29) is 10.0 Å². The van der Waals surface area contributed by atoms with E-state index in [1.807, 2.05) is 6.92 Å². The number of halogens is 3. The summed E-state index contributed by atoms with van der Waals surface area (Å²) >= 11 is 11.2. The van der Waals surface area contributed by atoms with Crippen molar-refractivity contribution in [1.82, 2.24) is 0 Å². The van der Waals surface area contributed by atoms with Crippen LogP contribution in [0.4, 0.5) is 10.1 Å². The minimum Gasteiger partial charge on any atom is -0.381 e. The highest BCUT2D eigenvalue weighted by molar-refractivity contribution is 6.35. The molecule has 0 fully saturated rings. The van der Waals surface area contributed by atoms with E-state index < -0.39 is 5.82 Å². The maximum absolute atomic E-state index is 13.0. The largest absolute Gasteiger partial charge is 0.381 e. The van der Waals surface area contributed by atoms with Crippen LogP contribution in [-0.2, 0) is 0 Å². The fourth-order valence-electron chi connectivity index (χ4n) is 0.911. The first-order valence-corrected chi connectivity index (χ1v) is 4.79. The van der Waals surface area contributed by atoms with Gasteiger partial charge in [0.1, 0.15) is 0 Å². The molecule has 0 aromatic heterocycles. The molecule has 76 valence electrons. The molecule has 0 aliphatic rings. The average Bonchev–Trinajstić information content (AvgIpc) is 2.10. The summed E-state index contributed by atoms with van der Waals surface area (Å²) in [5.41, 5.74) is 1.66. The van der Waals surface area contributed by atoms with Crippen LogP contribution in [0.2, 0.25) is 10.0 Å².